The molecule has 1 aliphatic rings. The zero-order chi connectivity index (χ0) is 22.8. The molecule has 1 rings (SSSR count). The van der Waals surface area contributed by atoms with Gasteiger partial charge in [0.15, 0.2) is 5.78 Å². The summed E-state index contributed by atoms with van der Waals surface area (Å²) in [5.74, 6) is -1.48. The molecule has 8 nitrogen and oxygen atoms in total. The molecule has 0 radical (unpaired) electrons. The van der Waals surface area contributed by atoms with Crippen LogP contribution in [-0.4, -0.2) is 52.9 Å². The Labute approximate surface area is 181 Å². The van der Waals surface area contributed by atoms with Gasteiger partial charge in [-0.05, 0) is 32.1 Å². The second-order valence-corrected chi connectivity index (χ2v) is 8.20. The summed E-state index contributed by atoms with van der Waals surface area (Å²) in [5.41, 5.74) is 0. The summed E-state index contributed by atoms with van der Waals surface area (Å²) in [5, 5.41) is 5.48. The van der Waals surface area contributed by atoms with Crippen molar-refractivity contribution in [3.63, 3.8) is 0 Å². The molecule has 3 atom stereocenters. The fraction of sp³-hybridized carbons (Fsp3) is 0.682. The first kappa shape index (κ1) is 25.5. The van der Waals surface area contributed by atoms with Crippen LogP contribution in [0.25, 0.3) is 0 Å². The minimum absolute atomic E-state index is 0. The molecule has 1 aliphatic heterocycles. The van der Waals surface area contributed by atoms with Gasteiger partial charge in [-0.3, -0.25) is 28.9 Å². The maximum absolute atomic E-state index is 12.6. The third-order valence-electron chi connectivity index (χ3n) is 5.34. The summed E-state index contributed by atoms with van der Waals surface area (Å²) < 4.78 is 0. The second-order valence-electron chi connectivity index (χ2n) is 8.20. The van der Waals surface area contributed by atoms with E-state index in [0.717, 1.165) is 0 Å². The van der Waals surface area contributed by atoms with Crippen LogP contribution in [0, 0.1) is 11.8 Å². The normalized spacial score (nSPS) is 16.5. The standard InChI is InChI=1S/C22H35N3O5.2H2/c1-6-15(4)21(29)16(5)23-22(30)20(14(2)3)24-17(26)10-8-7-9-13-25-18(27)11-12-19(25)28;;/h11-12,14-16,20H,6-10,13H2,1-5H3,(H,23,30)(H,24,26);2*1H/t15?,16-,20-;;/m0../s1. The second kappa shape index (κ2) is 12.2. The molecule has 4 amide bonds. The Bertz CT molecular complexity index is 679. The summed E-state index contributed by atoms with van der Waals surface area (Å²) in [6.45, 7) is 9.43. The van der Waals surface area contributed by atoms with E-state index < -0.39 is 12.1 Å². The highest BCUT2D eigenvalue weighted by molar-refractivity contribution is 6.12. The maximum Gasteiger partial charge on any atom is 0.253 e. The molecule has 172 valence electrons. The number of Topliss-reactive ketones (excluding diaryl/α,β-unsaturated/α-hetero) is 1. The monoisotopic (exact) mass is 425 g/mol. The Hall–Kier alpha value is -2.51. The molecule has 0 aromatic carbocycles. The largest absolute Gasteiger partial charge is 0.345 e. The summed E-state index contributed by atoms with van der Waals surface area (Å²) >= 11 is 0. The van der Waals surface area contributed by atoms with Gasteiger partial charge in [-0.25, -0.2) is 0 Å². The van der Waals surface area contributed by atoms with E-state index >= 15 is 0 Å². The molecule has 0 saturated heterocycles. The number of imide groups is 1. The van der Waals surface area contributed by atoms with E-state index in [1.165, 1.54) is 17.1 Å². The van der Waals surface area contributed by atoms with E-state index in [2.05, 4.69) is 10.6 Å². The highest BCUT2D eigenvalue weighted by Gasteiger charge is 2.28. The Morgan fingerprint density at radius 2 is 1.57 bits per heavy atom. The van der Waals surface area contributed by atoms with Crippen LogP contribution < -0.4 is 10.6 Å². The van der Waals surface area contributed by atoms with Crippen molar-refractivity contribution >= 4 is 29.4 Å². The number of rotatable bonds is 13. The van der Waals surface area contributed by atoms with Crippen LogP contribution in [0.1, 0.15) is 69.6 Å². The van der Waals surface area contributed by atoms with Crippen LogP contribution in [0.5, 0.6) is 0 Å². The lowest BCUT2D eigenvalue weighted by atomic mass is 9.97. The quantitative estimate of drug-likeness (QED) is 0.347. The van der Waals surface area contributed by atoms with Gasteiger partial charge >= 0.3 is 0 Å². The van der Waals surface area contributed by atoms with Crippen LogP contribution in [0.15, 0.2) is 12.2 Å². The number of unbranched alkanes of at least 4 members (excludes halogenated alkanes) is 2. The molecule has 0 bridgehead atoms. The third kappa shape index (κ3) is 7.72. The van der Waals surface area contributed by atoms with Gasteiger partial charge in [0.25, 0.3) is 11.8 Å². The predicted octanol–water partition coefficient (Wildman–Crippen LogP) is 2.22. The molecular weight excluding hydrogens is 386 g/mol. The Morgan fingerprint density at radius 3 is 2.10 bits per heavy atom. The molecule has 0 aliphatic carbocycles. The molecular formula is C22H39N3O5. The van der Waals surface area contributed by atoms with Crippen molar-refractivity contribution in [1.82, 2.24) is 15.5 Å². The Balaban J connectivity index is 0. The number of nitrogens with zero attached hydrogens (tertiary/aromatic N) is 1. The van der Waals surface area contributed by atoms with E-state index in [1.807, 2.05) is 27.7 Å². The van der Waals surface area contributed by atoms with Crippen molar-refractivity contribution in [2.45, 2.75) is 78.8 Å². The highest BCUT2D eigenvalue weighted by Crippen LogP contribution is 2.10. The van der Waals surface area contributed by atoms with Crippen LogP contribution in [0.2, 0.25) is 0 Å². The third-order valence-corrected chi connectivity index (χ3v) is 5.34. The van der Waals surface area contributed by atoms with Gasteiger partial charge in [-0.2, -0.15) is 0 Å². The Kier molecular flexibility index (Phi) is 10.4. The average Bonchev–Trinajstić information content (AvgIpc) is 3.01. The van der Waals surface area contributed by atoms with E-state index in [0.29, 0.717) is 32.2 Å². The zero-order valence-corrected chi connectivity index (χ0v) is 18.7. The smallest absolute Gasteiger partial charge is 0.253 e. The van der Waals surface area contributed by atoms with Crippen molar-refractivity contribution in [1.29, 1.82) is 0 Å². The SMILES string of the molecule is CCC(C)C(=O)[C@H](C)NC(=O)[C@@H](NC(=O)CCCCCN1C(=O)C=CC1=O)C(C)C.[HH].[HH]. The lowest BCUT2D eigenvalue weighted by Crippen LogP contribution is -2.53. The molecule has 0 spiro atoms. The highest BCUT2D eigenvalue weighted by atomic mass is 16.2. The van der Waals surface area contributed by atoms with Crippen LogP contribution in [0.3, 0.4) is 0 Å². The van der Waals surface area contributed by atoms with Gasteiger partial charge in [-0.15, -0.1) is 0 Å². The molecule has 0 fully saturated rings. The van der Waals surface area contributed by atoms with E-state index in [-0.39, 0.29) is 50.5 Å². The van der Waals surface area contributed by atoms with Gasteiger partial charge in [0.05, 0.1) is 6.04 Å². The number of ketones is 1. The first-order chi connectivity index (χ1) is 14.1. The molecule has 0 aromatic heterocycles. The number of carbonyl (C=O) groups excluding carboxylic acids is 5. The fourth-order valence-corrected chi connectivity index (χ4v) is 3.17. The molecule has 0 saturated carbocycles. The average molecular weight is 426 g/mol. The summed E-state index contributed by atoms with van der Waals surface area (Å²) in [7, 11) is 0. The first-order valence-electron chi connectivity index (χ1n) is 10.7. The zero-order valence-electron chi connectivity index (χ0n) is 18.7. The minimum atomic E-state index is -0.712. The van der Waals surface area contributed by atoms with Crippen molar-refractivity contribution < 1.29 is 26.8 Å². The molecule has 1 unspecified atom stereocenters. The van der Waals surface area contributed by atoms with Crippen molar-refractivity contribution in [2.75, 3.05) is 6.54 Å². The minimum Gasteiger partial charge on any atom is -0.345 e. The molecule has 2 N–H and O–H groups in total. The molecule has 0 aromatic rings. The number of nitrogens with one attached hydrogen (secondary N) is 2. The van der Waals surface area contributed by atoms with Gasteiger partial charge in [-0.1, -0.05) is 34.1 Å². The van der Waals surface area contributed by atoms with Crippen molar-refractivity contribution in [3.8, 4) is 0 Å². The number of amides is 4. The van der Waals surface area contributed by atoms with Crippen molar-refractivity contribution in [3.05, 3.63) is 12.2 Å². The summed E-state index contributed by atoms with van der Waals surface area (Å²) in [4.78, 5) is 61.2. The van der Waals surface area contributed by atoms with Crippen LogP contribution >= 0.6 is 0 Å². The lowest BCUT2D eigenvalue weighted by molar-refractivity contribution is -0.137. The van der Waals surface area contributed by atoms with E-state index in [1.54, 1.807) is 6.92 Å². The fourth-order valence-electron chi connectivity index (χ4n) is 3.17. The van der Waals surface area contributed by atoms with Gasteiger partial charge in [0, 0.05) is 33.9 Å². The number of hydrogen-bond donors (Lipinski definition) is 2. The summed E-state index contributed by atoms with van der Waals surface area (Å²) in [6.07, 6.45) is 5.36. The van der Waals surface area contributed by atoms with Crippen LogP contribution in [0.4, 0.5) is 0 Å². The Morgan fingerprint density at radius 1 is 0.967 bits per heavy atom. The van der Waals surface area contributed by atoms with E-state index in [9.17, 15) is 24.0 Å². The molecule has 8 heteroatoms. The first-order valence-corrected chi connectivity index (χ1v) is 10.7. The molecule has 1 heterocycles. The molecule has 30 heavy (non-hydrogen) atoms. The number of hydrogen-bond acceptors (Lipinski definition) is 5. The van der Waals surface area contributed by atoms with Gasteiger partial charge in [0.1, 0.15) is 6.04 Å². The van der Waals surface area contributed by atoms with Crippen molar-refractivity contribution in [2.24, 2.45) is 11.8 Å². The topological polar surface area (TPSA) is 113 Å². The van der Waals surface area contributed by atoms with Crippen LogP contribution in [-0.2, 0) is 24.0 Å². The maximum atomic E-state index is 12.6. The van der Waals surface area contributed by atoms with E-state index in [4.69, 9.17) is 0 Å². The predicted molar refractivity (Wildman–Crippen MR) is 117 cm³/mol. The van der Waals surface area contributed by atoms with Gasteiger partial charge < -0.3 is 10.6 Å². The summed E-state index contributed by atoms with van der Waals surface area (Å²) in [6, 6.07) is -1.31. The number of carbonyl (C=O) groups is 5. The van der Waals surface area contributed by atoms with Gasteiger partial charge in [0.2, 0.25) is 11.8 Å². The lowest BCUT2D eigenvalue weighted by Gasteiger charge is -2.24.